The van der Waals surface area contributed by atoms with Crippen LogP contribution in [0.25, 0.3) is 0 Å². The third kappa shape index (κ3) is 153. The molecule has 0 saturated carbocycles. The molecule has 0 amide bonds. The van der Waals surface area contributed by atoms with Gasteiger partial charge in [0.1, 0.15) is 0 Å². The summed E-state index contributed by atoms with van der Waals surface area (Å²) in [6.45, 7) is 4.36. The summed E-state index contributed by atoms with van der Waals surface area (Å²) in [5.41, 5.74) is 0. The monoisotopic (exact) mass is 178 g/mol. The van der Waals surface area contributed by atoms with Crippen LogP contribution in [0.1, 0.15) is 26.7 Å². The molecule has 60 valence electrons. The molecular weight excluding hydrogens is 163 g/mol. The molecule has 0 saturated heterocycles. The zero-order valence-electron chi connectivity index (χ0n) is 6.09. The summed E-state index contributed by atoms with van der Waals surface area (Å²) >= 11 is 0. The van der Waals surface area contributed by atoms with Crippen LogP contribution in [-0.4, -0.2) is 48.8 Å². The van der Waals surface area contributed by atoms with Gasteiger partial charge in [0, 0.05) is 0 Å². The molecule has 0 radical (unpaired) electrons. The minimum atomic E-state index is -3.67. The van der Waals surface area contributed by atoms with Gasteiger partial charge in [-0.3, -0.25) is 4.55 Å². The quantitative estimate of drug-likeness (QED) is 0.474. The van der Waals surface area contributed by atoms with E-state index in [-0.39, 0.29) is 29.6 Å². The van der Waals surface area contributed by atoms with Gasteiger partial charge in [-0.2, -0.15) is 8.42 Å². The van der Waals surface area contributed by atoms with E-state index < -0.39 is 10.1 Å². The summed E-state index contributed by atoms with van der Waals surface area (Å²) in [5.74, 6) is 0. The summed E-state index contributed by atoms with van der Waals surface area (Å²) in [4.78, 5) is 0. The Morgan fingerprint density at radius 2 is 1.30 bits per heavy atom. The Morgan fingerprint density at radius 3 is 1.30 bits per heavy atom. The molecule has 0 fully saturated rings. The average molecular weight is 178 g/mol. The summed E-state index contributed by atoms with van der Waals surface area (Å²) in [7, 11) is -3.67. The van der Waals surface area contributed by atoms with Gasteiger partial charge in [-0.1, -0.05) is 26.7 Å². The molecule has 0 aromatic carbocycles. The van der Waals surface area contributed by atoms with E-state index >= 15 is 0 Å². The van der Waals surface area contributed by atoms with E-state index in [0.29, 0.717) is 6.26 Å². The van der Waals surface area contributed by atoms with Crippen molar-refractivity contribution in [3.63, 3.8) is 0 Å². The molecule has 0 aromatic heterocycles. The van der Waals surface area contributed by atoms with Crippen LogP contribution in [0, 0.1) is 0 Å². The first-order valence-corrected chi connectivity index (χ1v) is 4.69. The van der Waals surface area contributed by atoms with Crippen LogP contribution >= 0.6 is 0 Å². The Kier molecular flexibility index (Phi) is 17.0. The first kappa shape index (κ1) is 17.1. The van der Waals surface area contributed by atoms with E-state index in [2.05, 4.69) is 13.8 Å². The molecule has 0 aromatic rings. The van der Waals surface area contributed by atoms with Gasteiger partial charge in [-0.15, -0.1) is 0 Å². The fourth-order valence-electron chi connectivity index (χ4n) is 0. The van der Waals surface area contributed by atoms with Crippen molar-refractivity contribution in [1.29, 1.82) is 0 Å². The van der Waals surface area contributed by atoms with Crippen LogP contribution in [-0.2, 0) is 10.1 Å². The molecular formula is C5H15NaO3S. The van der Waals surface area contributed by atoms with Crippen molar-refractivity contribution in [1.82, 2.24) is 0 Å². The molecule has 5 heteroatoms. The zero-order chi connectivity index (χ0) is 7.91. The van der Waals surface area contributed by atoms with Gasteiger partial charge in [0.05, 0.1) is 6.26 Å². The molecule has 0 heterocycles. The zero-order valence-corrected chi connectivity index (χ0v) is 6.90. The molecule has 0 rings (SSSR count). The molecule has 0 unspecified atom stereocenters. The van der Waals surface area contributed by atoms with Crippen molar-refractivity contribution in [2.45, 2.75) is 26.7 Å². The van der Waals surface area contributed by atoms with Crippen molar-refractivity contribution in [2.75, 3.05) is 6.26 Å². The number of rotatable bonds is 1. The van der Waals surface area contributed by atoms with Crippen LogP contribution in [0.4, 0.5) is 0 Å². The van der Waals surface area contributed by atoms with Crippen LogP contribution in [0.15, 0.2) is 0 Å². The van der Waals surface area contributed by atoms with E-state index in [1.165, 1.54) is 12.8 Å². The van der Waals surface area contributed by atoms with Crippen LogP contribution in [0.2, 0.25) is 0 Å². The van der Waals surface area contributed by atoms with E-state index in [1.807, 2.05) is 0 Å². The summed E-state index contributed by atoms with van der Waals surface area (Å²) in [6, 6.07) is 0. The van der Waals surface area contributed by atoms with Crippen molar-refractivity contribution < 1.29 is 13.0 Å². The number of hydrogen-bond acceptors (Lipinski definition) is 2. The molecule has 0 bridgehead atoms. The predicted octanol–water partition coefficient (Wildman–Crippen LogP) is 0.662. The second-order valence-electron chi connectivity index (χ2n) is 1.73. The third-order valence-corrected chi connectivity index (χ3v) is 0.500. The fourth-order valence-corrected chi connectivity index (χ4v) is 0. The normalized spacial score (nSPS) is 8.80. The van der Waals surface area contributed by atoms with Gasteiger partial charge in [0.25, 0.3) is 10.1 Å². The number of unbranched alkanes of at least 4 members (excludes halogenated alkanes) is 1. The van der Waals surface area contributed by atoms with Gasteiger partial charge in [0.15, 0.2) is 0 Å². The Hall–Kier alpha value is 0.910. The molecule has 10 heavy (non-hydrogen) atoms. The molecule has 0 atom stereocenters. The topological polar surface area (TPSA) is 54.4 Å². The Balaban J connectivity index is -0.0000000910. The van der Waals surface area contributed by atoms with Gasteiger partial charge < -0.3 is 0 Å². The Labute approximate surface area is 85.2 Å². The first-order chi connectivity index (χ1) is 3.91. The molecule has 0 aliphatic carbocycles. The van der Waals surface area contributed by atoms with E-state index in [4.69, 9.17) is 4.55 Å². The fraction of sp³-hybridized carbons (Fsp3) is 1.00. The van der Waals surface area contributed by atoms with Crippen molar-refractivity contribution in [2.24, 2.45) is 0 Å². The van der Waals surface area contributed by atoms with Gasteiger partial charge in [-0.05, 0) is 0 Å². The molecule has 3 nitrogen and oxygen atoms in total. The van der Waals surface area contributed by atoms with Crippen molar-refractivity contribution >= 4 is 39.7 Å². The second-order valence-corrected chi connectivity index (χ2v) is 3.20. The Morgan fingerprint density at radius 1 is 1.20 bits per heavy atom. The van der Waals surface area contributed by atoms with Gasteiger partial charge in [-0.25, -0.2) is 0 Å². The average Bonchev–Trinajstić information content (AvgIpc) is 1.61. The van der Waals surface area contributed by atoms with Crippen molar-refractivity contribution in [3.05, 3.63) is 0 Å². The molecule has 0 aliphatic rings. The molecule has 0 aliphatic heterocycles. The Bertz CT molecular complexity index is 120. The molecule has 1 N–H and O–H groups in total. The van der Waals surface area contributed by atoms with E-state index in [9.17, 15) is 8.42 Å². The van der Waals surface area contributed by atoms with Gasteiger partial charge >= 0.3 is 29.6 Å². The van der Waals surface area contributed by atoms with Crippen LogP contribution < -0.4 is 0 Å². The third-order valence-electron chi connectivity index (χ3n) is 0.500. The summed E-state index contributed by atoms with van der Waals surface area (Å²) in [5, 5.41) is 0. The molecule has 0 spiro atoms. The SMILES string of the molecule is CCCC.CS(=O)(=O)O.[NaH]. The van der Waals surface area contributed by atoms with Crippen LogP contribution in [0.3, 0.4) is 0 Å². The van der Waals surface area contributed by atoms with Crippen LogP contribution in [0.5, 0.6) is 0 Å². The van der Waals surface area contributed by atoms with E-state index in [0.717, 1.165) is 0 Å². The minimum absolute atomic E-state index is 0. The summed E-state index contributed by atoms with van der Waals surface area (Å²) < 4.78 is 25.9. The first-order valence-electron chi connectivity index (χ1n) is 2.84. The second kappa shape index (κ2) is 9.91. The maximum absolute atomic E-state index is 9.19. The number of hydrogen-bond donors (Lipinski definition) is 1. The standard InChI is InChI=1S/C4H10.CH4O3S.Na.H/c1-3-4-2;1-5(2,3)4;;/h3-4H2,1-2H3;1H3,(H,2,3,4);;. The maximum atomic E-state index is 9.19. The van der Waals surface area contributed by atoms with E-state index in [1.54, 1.807) is 0 Å². The van der Waals surface area contributed by atoms with Crippen molar-refractivity contribution in [3.8, 4) is 0 Å². The van der Waals surface area contributed by atoms with Gasteiger partial charge in [0.2, 0.25) is 0 Å². The predicted molar refractivity (Wildman–Crippen MR) is 45.2 cm³/mol. The summed E-state index contributed by atoms with van der Waals surface area (Å²) in [6.07, 6.45) is 3.35.